The Morgan fingerprint density at radius 3 is 2.60 bits per heavy atom. The Morgan fingerprint density at radius 2 is 2.00 bits per heavy atom. The van der Waals surface area contributed by atoms with Crippen molar-refractivity contribution in [2.75, 3.05) is 13.2 Å². The lowest BCUT2D eigenvalue weighted by Crippen LogP contribution is -2.30. The molecular formula is C17H23NO2. The summed E-state index contributed by atoms with van der Waals surface area (Å²) in [4.78, 5) is 12.1. The zero-order valence-electron chi connectivity index (χ0n) is 12.7. The number of rotatable bonds is 4. The fraction of sp³-hybridized carbons (Fsp3) is 0.471. The highest BCUT2D eigenvalue weighted by atomic mass is 16.2. The molecular weight excluding hydrogens is 250 g/mol. The zero-order valence-corrected chi connectivity index (χ0v) is 12.7. The molecule has 0 aliphatic carbocycles. The van der Waals surface area contributed by atoms with Crippen molar-refractivity contribution in [1.29, 1.82) is 0 Å². The molecule has 3 nitrogen and oxygen atoms in total. The Balaban J connectivity index is 2.80. The van der Waals surface area contributed by atoms with E-state index < -0.39 is 0 Å². The van der Waals surface area contributed by atoms with Gasteiger partial charge in [-0.25, -0.2) is 0 Å². The molecule has 0 saturated carbocycles. The molecule has 0 bridgehead atoms. The zero-order chi connectivity index (χ0) is 15.1. The fourth-order valence-corrected chi connectivity index (χ4v) is 1.72. The lowest BCUT2D eigenvalue weighted by atomic mass is 9.98. The molecule has 3 heteroatoms. The van der Waals surface area contributed by atoms with Gasteiger partial charge < -0.3 is 10.4 Å². The number of hydrogen-bond acceptors (Lipinski definition) is 2. The Bertz CT molecular complexity index is 524. The summed E-state index contributed by atoms with van der Waals surface area (Å²) in [5, 5.41) is 11.7. The fourth-order valence-electron chi connectivity index (χ4n) is 1.72. The van der Waals surface area contributed by atoms with Crippen molar-refractivity contribution < 1.29 is 9.90 Å². The molecule has 1 aromatic carbocycles. The van der Waals surface area contributed by atoms with E-state index in [1.165, 1.54) is 0 Å². The number of aliphatic hydroxyl groups is 1. The SMILES string of the molecule is Cc1cc(C#CCO)cc(C(=O)NCC(C)C(C)C)c1. The maximum atomic E-state index is 12.1. The van der Waals surface area contributed by atoms with Gasteiger partial charge in [-0.3, -0.25) is 4.79 Å². The summed E-state index contributed by atoms with van der Waals surface area (Å²) in [6.45, 7) is 8.83. The minimum absolute atomic E-state index is 0.0757. The lowest BCUT2D eigenvalue weighted by Gasteiger charge is -2.16. The third kappa shape index (κ3) is 5.07. The molecule has 0 radical (unpaired) electrons. The van der Waals surface area contributed by atoms with Crippen molar-refractivity contribution in [3.05, 3.63) is 34.9 Å². The van der Waals surface area contributed by atoms with Crippen molar-refractivity contribution in [2.45, 2.75) is 27.7 Å². The number of hydrogen-bond donors (Lipinski definition) is 2. The standard InChI is InChI=1S/C17H23NO2/c1-12(2)14(4)11-18-17(20)16-9-13(3)8-15(10-16)6-5-7-19/h8-10,12,14,19H,7,11H2,1-4H3,(H,18,20). The van der Waals surface area contributed by atoms with Gasteiger partial charge in [0.2, 0.25) is 0 Å². The van der Waals surface area contributed by atoms with E-state index in [0.29, 0.717) is 23.9 Å². The van der Waals surface area contributed by atoms with E-state index in [4.69, 9.17) is 5.11 Å². The second-order valence-corrected chi connectivity index (χ2v) is 5.48. The van der Waals surface area contributed by atoms with E-state index in [0.717, 1.165) is 11.1 Å². The highest BCUT2D eigenvalue weighted by Crippen LogP contribution is 2.11. The van der Waals surface area contributed by atoms with Crippen LogP contribution in [-0.2, 0) is 0 Å². The Labute approximate surface area is 121 Å². The van der Waals surface area contributed by atoms with Crippen LogP contribution in [0.25, 0.3) is 0 Å². The monoisotopic (exact) mass is 273 g/mol. The van der Waals surface area contributed by atoms with Gasteiger partial charge in [0.15, 0.2) is 0 Å². The number of carbonyl (C=O) groups is 1. The topological polar surface area (TPSA) is 49.3 Å². The van der Waals surface area contributed by atoms with Crippen molar-refractivity contribution >= 4 is 5.91 Å². The van der Waals surface area contributed by atoms with Crippen LogP contribution in [0, 0.1) is 30.6 Å². The van der Waals surface area contributed by atoms with Gasteiger partial charge in [-0.2, -0.15) is 0 Å². The normalized spacial score (nSPS) is 11.7. The molecule has 1 amide bonds. The average molecular weight is 273 g/mol. The number of nitrogens with one attached hydrogen (secondary N) is 1. The van der Waals surface area contributed by atoms with Gasteiger partial charge in [0.05, 0.1) is 0 Å². The Hall–Kier alpha value is -1.79. The largest absolute Gasteiger partial charge is 0.384 e. The maximum absolute atomic E-state index is 12.1. The van der Waals surface area contributed by atoms with E-state index in [1.807, 2.05) is 19.1 Å². The predicted octanol–water partition coefficient (Wildman–Crippen LogP) is 2.36. The van der Waals surface area contributed by atoms with Gasteiger partial charge in [-0.15, -0.1) is 0 Å². The van der Waals surface area contributed by atoms with Crippen LogP contribution in [0.1, 0.15) is 42.3 Å². The first-order chi connectivity index (χ1) is 9.43. The van der Waals surface area contributed by atoms with E-state index in [2.05, 4.69) is 37.9 Å². The number of benzene rings is 1. The third-order valence-corrected chi connectivity index (χ3v) is 3.37. The minimum atomic E-state index is -0.179. The number of amides is 1. The van der Waals surface area contributed by atoms with Crippen LogP contribution in [0.4, 0.5) is 0 Å². The molecule has 0 aliphatic rings. The van der Waals surface area contributed by atoms with Crippen LogP contribution >= 0.6 is 0 Å². The van der Waals surface area contributed by atoms with Crippen molar-refractivity contribution in [1.82, 2.24) is 5.32 Å². The smallest absolute Gasteiger partial charge is 0.251 e. The molecule has 2 N–H and O–H groups in total. The average Bonchev–Trinajstić information content (AvgIpc) is 2.41. The molecule has 1 atom stereocenters. The van der Waals surface area contributed by atoms with Crippen molar-refractivity contribution in [2.24, 2.45) is 11.8 Å². The third-order valence-electron chi connectivity index (χ3n) is 3.37. The second kappa shape index (κ2) is 7.72. The molecule has 0 aromatic heterocycles. The second-order valence-electron chi connectivity index (χ2n) is 5.48. The summed E-state index contributed by atoms with van der Waals surface area (Å²) in [5.74, 6) is 6.34. The van der Waals surface area contributed by atoms with Crippen molar-refractivity contribution in [3.63, 3.8) is 0 Å². The summed E-state index contributed by atoms with van der Waals surface area (Å²) in [6.07, 6.45) is 0. The van der Waals surface area contributed by atoms with E-state index in [9.17, 15) is 4.79 Å². The quantitative estimate of drug-likeness (QED) is 0.827. The van der Waals surface area contributed by atoms with E-state index in [1.54, 1.807) is 6.07 Å². The summed E-state index contributed by atoms with van der Waals surface area (Å²) in [5.41, 5.74) is 2.35. The minimum Gasteiger partial charge on any atom is -0.384 e. The first-order valence-corrected chi connectivity index (χ1v) is 6.93. The van der Waals surface area contributed by atoms with Crippen LogP contribution in [0.2, 0.25) is 0 Å². The summed E-state index contributed by atoms with van der Waals surface area (Å²) >= 11 is 0. The Kier molecular flexibility index (Phi) is 6.27. The number of aliphatic hydroxyl groups excluding tert-OH is 1. The summed E-state index contributed by atoms with van der Waals surface area (Å²) < 4.78 is 0. The van der Waals surface area contributed by atoms with Crippen LogP contribution < -0.4 is 5.32 Å². The molecule has 0 saturated heterocycles. The molecule has 1 unspecified atom stereocenters. The molecule has 1 rings (SSSR count). The molecule has 0 fully saturated rings. The van der Waals surface area contributed by atoms with Gasteiger partial charge in [0.1, 0.15) is 6.61 Å². The molecule has 0 aliphatic heterocycles. The lowest BCUT2D eigenvalue weighted by molar-refractivity contribution is 0.0945. The first-order valence-electron chi connectivity index (χ1n) is 6.93. The van der Waals surface area contributed by atoms with Gasteiger partial charge in [0, 0.05) is 17.7 Å². The maximum Gasteiger partial charge on any atom is 0.251 e. The van der Waals surface area contributed by atoms with Gasteiger partial charge in [-0.05, 0) is 42.5 Å². The van der Waals surface area contributed by atoms with Gasteiger partial charge >= 0.3 is 0 Å². The van der Waals surface area contributed by atoms with Crippen LogP contribution in [0.5, 0.6) is 0 Å². The summed E-state index contributed by atoms with van der Waals surface area (Å²) in [6, 6.07) is 5.50. The van der Waals surface area contributed by atoms with Crippen LogP contribution in [0.15, 0.2) is 18.2 Å². The predicted molar refractivity (Wildman–Crippen MR) is 81.5 cm³/mol. The summed E-state index contributed by atoms with van der Waals surface area (Å²) in [7, 11) is 0. The number of aryl methyl sites for hydroxylation is 1. The first kappa shape index (κ1) is 16.3. The van der Waals surface area contributed by atoms with Crippen molar-refractivity contribution in [3.8, 4) is 11.8 Å². The Morgan fingerprint density at radius 1 is 1.30 bits per heavy atom. The molecule has 0 heterocycles. The molecule has 1 aromatic rings. The molecule has 20 heavy (non-hydrogen) atoms. The molecule has 108 valence electrons. The van der Waals surface area contributed by atoms with E-state index >= 15 is 0 Å². The van der Waals surface area contributed by atoms with Crippen LogP contribution in [0.3, 0.4) is 0 Å². The van der Waals surface area contributed by atoms with Gasteiger partial charge in [-0.1, -0.05) is 32.6 Å². The highest BCUT2D eigenvalue weighted by Gasteiger charge is 2.11. The molecule has 0 spiro atoms. The highest BCUT2D eigenvalue weighted by molar-refractivity contribution is 5.94. The van der Waals surface area contributed by atoms with E-state index in [-0.39, 0.29) is 12.5 Å². The van der Waals surface area contributed by atoms with Gasteiger partial charge in [0.25, 0.3) is 5.91 Å². The number of carbonyl (C=O) groups excluding carboxylic acids is 1. The van der Waals surface area contributed by atoms with Crippen LogP contribution in [-0.4, -0.2) is 24.2 Å².